The highest BCUT2D eigenvalue weighted by Gasteiger charge is 2.14. The lowest BCUT2D eigenvalue weighted by Gasteiger charge is -2.11. The van der Waals surface area contributed by atoms with Crippen molar-refractivity contribution in [1.82, 2.24) is 10.3 Å². The quantitative estimate of drug-likeness (QED) is 0.775. The molecule has 0 saturated heterocycles. The number of nitrogens with one attached hydrogen (secondary N) is 1. The van der Waals surface area contributed by atoms with Crippen molar-refractivity contribution >= 4 is 17.2 Å². The summed E-state index contributed by atoms with van der Waals surface area (Å²) in [6, 6.07) is 6.07. The Morgan fingerprint density at radius 2 is 2.15 bits per heavy atom. The third kappa shape index (κ3) is 4.04. The second-order valence-corrected chi connectivity index (χ2v) is 5.52. The first-order chi connectivity index (χ1) is 9.54. The highest BCUT2D eigenvalue weighted by Crippen LogP contribution is 2.11. The molecule has 0 aliphatic carbocycles. The summed E-state index contributed by atoms with van der Waals surface area (Å²) < 4.78 is 0. The largest absolute Gasteiger partial charge is 0.508 e. The van der Waals surface area contributed by atoms with Gasteiger partial charge in [-0.1, -0.05) is 12.1 Å². The van der Waals surface area contributed by atoms with Gasteiger partial charge in [0, 0.05) is 11.1 Å². The summed E-state index contributed by atoms with van der Waals surface area (Å²) in [6.45, 7) is 2.32. The van der Waals surface area contributed by atoms with E-state index >= 15 is 0 Å². The fourth-order valence-corrected chi connectivity index (χ4v) is 2.47. The minimum Gasteiger partial charge on any atom is -0.508 e. The maximum absolute atomic E-state index is 11.9. The van der Waals surface area contributed by atoms with Crippen molar-refractivity contribution < 1.29 is 9.90 Å². The van der Waals surface area contributed by atoms with Gasteiger partial charge in [-0.15, -0.1) is 11.3 Å². The number of nitrogens with zero attached hydrogens (tertiary/aromatic N) is 1. The summed E-state index contributed by atoms with van der Waals surface area (Å²) in [4.78, 5) is 16.2. The SMILES string of the molecule is Cc1csc(CNC(=O)[C@@H](N)Cc2ccc(O)cc2)n1. The van der Waals surface area contributed by atoms with E-state index in [0.717, 1.165) is 16.3 Å². The Balaban J connectivity index is 1.84. The summed E-state index contributed by atoms with van der Waals surface area (Å²) in [6.07, 6.45) is 0.434. The van der Waals surface area contributed by atoms with E-state index in [4.69, 9.17) is 5.73 Å². The van der Waals surface area contributed by atoms with Crippen molar-refractivity contribution in [1.29, 1.82) is 0 Å². The molecule has 6 heteroatoms. The molecule has 1 aromatic heterocycles. The summed E-state index contributed by atoms with van der Waals surface area (Å²) in [5, 5.41) is 14.8. The Kier molecular flexibility index (Phi) is 4.70. The van der Waals surface area contributed by atoms with Crippen molar-refractivity contribution in [2.45, 2.75) is 25.9 Å². The number of aromatic hydroxyl groups is 1. The number of carbonyl (C=O) groups excluding carboxylic acids is 1. The Morgan fingerprint density at radius 3 is 2.75 bits per heavy atom. The first-order valence-corrected chi connectivity index (χ1v) is 7.15. The topological polar surface area (TPSA) is 88.2 Å². The number of aromatic nitrogens is 1. The number of thiazole rings is 1. The molecule has 0 bridgehead atoms. The number of aryl methyl sites for hydroxylation is 1. The van der Waals surface area contributed by atoms with E-state index in [-0.39, 0.29) is 11.7 Å². The molecule has 1 aromatic carbocycles. The summed E-state index contributed by atoms with van der Waals surface area (Å²) >= 11 is 1.51. The fraction of sp³-hybridized carbons (Fsp3) is 0.286. The molecule has 1 amide bonds. The zero-order valence-corrected chi connectivity index (χ0v) is 12.0. The van der Waals surface area contributed by atoms with Crippen LogP contribution in [0.25, 0.3) is 0 Å². The summed E-state index contributed by atoms with van der Waals surface area (Å²) in [5.74, 6) is -0.00293. The molecule has 4 N–H and O–H groups in total. The second kappa shape index (κ2) is 6.49. The van der Waals surface area contributed by atoms with Crippen LogP contribution in [0.2, 0.25) is 0 Å². The standard InChI is InChI=1S/C14H17N3O2S/c1-9-8-20-13(17-9)7-16-14(19)12(15)6-10-2-4-11(18)5-3-10/h2-5,8,12,18H,6-7,15H2,1H3,(H,16,19)/t12-/m0/s1. The molecule has 0 aliphatic heterocycles. The van der Waals surface area contributed by atoms with Crippen LogP contribution in [0.1, 0.15) is 16.3 Å². The molecular weight excluding hydrogens is 274 g/mol. The monoisotopic (exact) mass is 291 g/mol. The number of carbonyl (C=O) groups is 1. The van der Waals surface area contributed by atoms with Crippen LogP contribution in [0.5, 0.6) is 5.75 Å². The van der Waals surface area contributed by atoms with Crippen LogP contribution in [-0.4, -0.2) is 22.0 Å². The molecule has 0 saturated carbocycles. The third-order valence-electron chi connectivity index (χ3n) is 2.81. The average molecular weight is 291 g/mol. The van der Waals surface area contributed by atoms with Crippen LogP contribution in [-0.2, 0) is 17.8 Å². The molecule has 1 atom stereocenters. The van der Waals surface area contributed by atoms with Crippen LogP contribution in [0.3, 0.4) is 0 Å². The van der Waals surface area contributed by atoms with Gasteiger partial charge < -0.3 is 16.2 Å². The van der Waals surface area contributed by atoms with E-state index in [9.17, 15) is 9.90 Å². The molecule has 5 nitrogen and oxygen atoms in total. The van der Waals surface area contributed by atoms with Gasteiger partial charge in [0.2, 0.25) is 5.91 Å². The molecule has 0 fully saturated rings. The Hall–Kier alpha value is -1.92. The molecule has 2 rings (SSSR count). The predicted molar refractivity (Wildman–Crippen MR) is 78.5 cm³/mol. The molecule has 0 radical (unpaired) electrons. The first-order valence-electron chi connectivity index (χ1n) is 6.27. The van der Waals surface area contributed by atoms with Gasteiger partial charge in [-0.3, -0.25) is 4.79 Å². The van der Waals surface area contributed by atoms with Crippen LogP contribution < -0.4 is 11.1 Å². The Labute approximate surface area is 121 Å². The number of rotatable bonds is 5. The first kappa shape index (κ1) is 14.5. The number of nitrogens with two attached hydrogens (primary N) is 1. The maximum Gasteiger partial charge on any atom is 0.237 e. The number of benzene rings is 1. The van der Waals surface area contributed by atoms with Crippen molar-refractivity contribution in [3.63, 3.8) is 0 Å². The van der Waals surface area contributed by atoms with Gasteiger partial charge in [-0.2, -0.15) is 0 Å². The third-order valence-corrected chi connectivity index (χ3v) is 3.78. The van der Waals surface area contributed by atoms with Gasteiger partial charge in [0.05, 0.1) is 12.6 Å². The van der Waals surface area contributed by atoms with E-state index in [0.29, 0.717) is 13.0 Å². The van der Waals surface area contributed by atoms with E-state index < -0.39 is 6.04 Å². The number of phenolic OH excluding ortho intramolecular Hbond substituents is 1. The zero-order valence-electron chi connectivity index (χ0n) is 11.2. The number of amides is 1. The van der Waals surface area contributed by atoms with Crippen molar-refractivity contribution in [3.8, 4) is 5.75 Å². The smallest absolute Gasteiger partial charge is 0.237 e. The second-order valence-electron chi connectivity index (χ2n) is 4.58. The van der Waals surface area contributed by atoms with Gasteiger partial charge in [-0.25, -0.2) is 4.98 Å². The van der Waals surface area contributed by atoms with Gasteiger partial charge in [-0.05, 0) is 31.0 Å². The van der Waals surface area contributed by atoms with E-state index in [1.165, 1.54) is 11.3 Å². The number of hydrogen-bond acceptors (Lipinski definition) is 5. The van der Waals surface area contributed by atoms with Crippen LogP contribution in [0.4, 0.5) is 0 Å². The van der Waals surface area contributed by atoms with Crippen molar-refractivity contribution in [2.24, 2.45) is 5.73 Å². The van der Waals surface area contributed by atoms with Gasteiger partial charge in [0.15, 0.2) is 0 Å². The van der Waals surface area contributed by atoms with Crippen LogP contribution in [0, 0.1) is 6.92 Å². The zero-order chi connectivity index (χ0) is 14.5. The van der Waals surface area contributed by atoms with E-state index in [1.54, 1.807) is 24.3 Å². The molecule has 2 aromatic rings. The van der Waals surface area contributed by atoms with Crippen molar-refractivity contribution in [3.05, 3.63) is 45.9 Å². The average Bonchev–Trinajstić information content (AvgIpc) is 2.84. The summed E-state index contributed by atoms with van der Waals surface area (Å²) in [5.41, 5.74) is 7.73. The molecule has 0 aliphatic rings. The molecule has 0 unspecified atom stereocenters. The fourth-order valence-electron chi connectivity index (χ4n) is 1.76. The maximum atomic E-state index is 11.9. The lowest BCUT2D eigenvalue weighted by atomic mass is 10.1. The highest BCUT2D eigenvalue weighted by molar-refractivity contribution is 7.09. The molecule has 1 heterocycles. The molecule has 0 spiro atoms. The predicted octanol–water partition coefficient (Wildman–Crippen LogP) is 1.34. The lowest BCUT2D eigenvalue weighted by Crippen LogP contribution is -2.41. The van der Waals surface area contributed by atoms with Crippen LogP contribution >= 0.6 is 11.3 Å². The normalized spacial score (nSPS) is 12.1. The van der Waals surface area contributed by atoms with E-state index in [2.05, 4.69) is 10.3 Å². The minimum atomic E-state index is -0.611. The Bertz CT molecular complexity index is 580. The molecule has 106 valence electrons. The van der Waals surface area contributed by atoms with Gasteiger partial charge >= 0.3 is 0 Å². The van der Waals surface area contributed by atoms with Gasteiger partial charge in [0.1, 0.15) is 10.8 Å². The Morgan fingerprint density at radius 1 is 1.45 bits per heavy atom. The van der Waals surface area contributed by atoms with Crippen molar-refractivity contribution in [2.75, 3.05) is 0 Å². The van der Waals surface area contributed by atoms with Crippen LogP contribution in [0.15, 0.2) is 29.6 Å². The summed E-state index contributed by atoms with van der Waals surface area (Å²) in [7, 11) is 0. The number of hydrogen-bond donors (Lipinski definition) is 3. The highest BCUT2D eigenvalue weighted by atomic mass is 32.1. The van der Waals surface area contributed by atoms with Gasteiger partial charge in [0.25, 0.3) is 0 Å². The number of phenols is 1. The minimum absolute atomic E-state index is 0.200. The van der Waals surface area contributed by atoms with E-state index in [1.807, 2.05) is 12.3 Å². The molecule has 20 heavy (non-hydrogen) atoms. The molecular formula is C14H17N3O2S. The lowest BCUT2D eigenvalue weighted by molar-refractivity contribution is -0.122.